The fraction of sp³-hybridized carbons (Fsp3) is 0.500. The number of rotatable bonds is 3. The van der Waals surface area contributed by atoms with E-state index < -0.39 is 5.79 Å². The van der Waals surface area contributed by atoms with Crippen LogP contribution in [0.4, 0.5) is 5.82 Å². The normalized spacial score (nSPS) is 31.8. The SMILES string of the molecule is C[C@H]1O[C@@H](n2cnc3c(N[C@H]4CCc5ccccc54)ncnc32)[C@@H]2OC(C)(C)O[C@@H]21. The van der Waals surface area contributed by atoms with E-state index in [0.717, 1.165) is 29.8 Å². The van der Waals surface area contributed by atoms with Crippen LogP contribution in [0.3, 0.4) is 0 Å². The molecule has 0 spiro atoms. The number of ether oxygens (including phenoxy) is 3. The van der Waals surface area contributed by atoms with Crippen LogP contribution in [-0.2, 0) is 20.6 Å². The van der Waals surface area contributed by atoms with Crippen LogP contribution in [0.25, 0.3) is 11.2 Å². The zero-order valence-electron chi connectivity index (χ0n) is 17.3. The first-order valence-corrected chi connectivity index (χ1v) is 10.5. The third kappa shape index (κ3) is 2.74. The number of anilines is 1. The molecule has 2 fully saturated rings. The van der Waals surface area contributed by atoms with Crippen LogP contribution in [-0.4, -0.2) is 43.6 Å². The first kappa shape index (κ1) is 18.2. The maximum absolute atomic E-state index is 6.19. The summed E-state index contributed by atoms with van der Waals surface area (Å²) < 4.78 is 20.3. The first-order chi connectivity index (χ1) is 14.5. The van der Waals surface area contributed by atoms with Gasteiger partial charge in [-0.05, 0) is 44.7 Å². The summed E-state index contributed by atoms with van der Waals surface area (Å²) in [5.41, 5.74) is 4.19. The number of fused-ring (bicyclic) bond motifs is 3. The molecular formula is C22H25N5O3. The van der Waals surface area contributed by atoms with Crippen LogP contribution in [0, 0.1) is 0 Å². The Morgan fingerprint density at radius 2 is 1.93 bits per heavy atom. The molecule has 0 saturated carbocycles. The highest BCUT2D eigenvalue weighted by Gasteiger charge is 2.54. The molecule has 1 N–H and O–H groups in total. The fourth-order valence-corrected chi connectivity index (χ4v) is 5.02. The highest BCUT2D eigenvalue weighted by molar-refractivity contribution is 5.83. The molecule has 0 amide bonds. The number of aryl methyl sites for hydroxylation is 1. The minimum Gasteiger partial charge on any atom is -0.361 e. The van der Waals surface area contributed by atoms with E-state index in [9.17, 15) is 0 Å². The summed E-state index contributed by atoms with van der Waals surface area (Å²) in [6.07, 6.45) is 4.72. The number of hydrogen-bond donors (Lipinski definition) is 1. The van der Waals surface area contributed by atoms with Crippen molar-refractivity contribution in [2.45, 2.75) is 70.0 Å². The average Bonchev–Trinajstić information content (AvgIpc) is 3.46. The fourth-order valence-electron chi connectivity index (χ4n) is 5.02. The highest BCUT2D eigenvalue weighted by Crippen LogP contribution is 2.44. The highest BCUT2D eigenvalue weighted by atomic mass is 16.8. The van der Waals surface area contributed by atoms with Crippen LogP contribution in [0.15, 0.2) is 36.9 Å². The van der Waals surface area contributed by atoms with Gasteiger partial charge in [0.1, 0.15) is 18.5 Å². The van der Waals surface area contributed by atoms with Gasteiger partial charge in [0.25, 0.3) is 0 Å². The molecule has 1 aromatic carbocycles. The van der Waals surface area contributed by atoms with Crippen molar-refractivity contribution in [2.75, 3.05) is 5.32 Å². The van der Waals surface area contributed by atoms with Crippen molar-refractivity contribution < 1.29 is 14.2 Å². The summed E-state index contributed by atoms with van der Waals surface area (Å²) >= 11 is 0. The second-order valence-electron chi connectivity index (χ2n) is 8.78. The van der Waals surface area contributed by atoms with E-state index in [-0.39, 0.29) is 30.6 Å². The van der Waals surface area contributed by atoms with Gasteiger partial charge in [-0.1, -0.05) is 24.3 Å². The van der Waals surface area contributed by atoms with Gasteiger partial charge in [-0.25, -0.2) is 15.0 Å². The zero-order chi connectivity index (χ0) is 20.5. The van der Waals surface area contributed by atoms with Crippen molar-refractivity contribution >= 4 is 17.0 Å². The monoisotopic (exact) mass is 407 g/mol. The van der Waals surface area contributed by atoms with E-state index in [2.05, 4.69) is 44.5 Å². The Labute approximate surface area is 174 Å². The van der Waals surface area contributed by atoms with E-state index in [1.165, 1.54) is 11.1 Å². The van der Waals surface area contributed by atoms with E-state index >= 15 is 0 Å². The second-order valence-corrected chi connectivity index (χ2v) is 8.78. The molecule has 0 bridgehead atoms. The van der Waals surface area contributed by atoms with Gasteiger partial charge in [-0.3, -0.25) is 4.57 Å². The largest absolute Gasteiger partial charge is 0.361 e. The smallest absolute Gasteiger partial charge is 0.167 e. The summed E-state index contributed by atoms with van der Waals surface area (Å²) in [5.74, 6) is 0.117. The van der Waals surface area contributed by atoms with E-state index in [0.29, 0.717) is 0 Å². The van der Waals surface area contributed by atoms with Crippen molar-refractivity contribution in [3.05, 3.63) is 48.0 Å². The average molecular weight is 407 g/mol. The van der Waals surface area contributed by atoms with E-state index in [1.807, 2.05) is 25.3 Å². The number of nitrogens with one attached hydrogen (secondary N) is 1. The third-order valence-corrected chi connectivity index (χ3v) is 6.34. The predicted molar refractivity (Wildman–Crippen MR) is 110 cm³/mol. The van der Waals surface area contributed by atoms with Gasteiger partial charge in [0, 0.05) is 0 Å². The topological polar surface area (TPSA) is 83.3 Å². The Hall–Kier alpha value is -2.55. The molecule has 156 valence electrons. The summed E-state index contributed by atoms with van der Waals surface area (Å²) in [5, 5.41) is 3.59. The molecule has 4 heterocycles. The Balaban J connectivity index is 1.33. The first-order valence-electron chi connectivity index (χ1n) is 10.5. The number of imidazole rings is 1. The van der Waals surface area contributed by atoms with Crippen LogP contribution in [0.2, 0.25) is 0 Å². The van der Waals surface area contributed by atoms with Gasteiger partial charge < -0.3 is 19.5 Å². The third-order valence-electron chi connectivity index (χ3n) is 6.34. The van der Waals surface area contributed by atoms with E-state index in [4.69, 9.17) is 14.2 Å². The maximum atomic E-state index is 6.19. The number of aromatic nitrogens is 4. The van der Waals surface area contributed by atoms with Crippen LogP contribution >= 0.6 is 0 Å². The van der Waals surface area contributed by atoms with Crippen molar-refractivity contribution in [1.29, 1.82) is 0 Å². The van der Waals surface area contributed by atoms with Crippen LogP contribution < -0.4 is 5.32 Å². The summed E-state index contributed by atoms with van der Waals surface area (Å²) in [6.45, 7) is 5.89. The summed E-state index contributed by atoms with van der Waals surface area (Å²) in [4.78, 5) is 13.6. The molecular weight excluding hydrogens is 382 g/mol. The quantitative estimate of drug-likeness (QED) is 0.713. The molecule has 8 nitrogen and oxygen atoms in total. The minimum absolute atomic E-state index is 0.0753. The standard InChI is InChI=1S/C22H25N5O3/c1-12-17-18(30-22(2,3)29-17)21(28-12)27-11-25-16-19(23-10-24-20(16)27)26-15-9-8-13-6-4-5-7-14(13)15/h4-7,10-12,15,17-18,21H,8-9H2,1-3H3,(H,23,24,26)/t12-,15+,17-,18-,21-/m1/s1. The van der Waals surface area contributed by atoms with Crippen molar-refractivity contribution in [3.8, 4) is 0 Å². The lowest BCUT2D eigenvalue weighted by Crippen LogP contribution is -2.27. The molecule has 0 unspecified atom stereocenters. The Kier molecular flexibility index (Phi) is 3.93. The molecule has 8 heteroatoms. The molecule has 2 aliphatic heterocycles. The van der Waals surface area contributed by atoms with Crippen molar-refractivity contribution in [3.63, 3.8) is 0 Å². The Morgan fingerprint density at radius 3 is 2.83 bits per heavy atom. The van der Waals surface area contributed by atoms with Gasteiger partial charge in [-0.2, -0.15) is 0 Å². The number of nitrogens with zero attached hydrogens (tertiary/aromatic N) is 4. The summed E-state index contributed by atoms with van der Waals surface area (Å²) in [7, 11) is 0. The lowest BCUT2D eigenvalue weighted by atomic mass is 10.1. The van der Waals surface area contributed by atoms with Gasteiger partial charge in [0.2, 0.25) is 0 Å². The van der Waals surface area contributed by atoms with Crippen molar-refractivity contribution in [1.82, 2.24) is 19.5 Å². The van der Waals surface area contributed by atoms with Gasteiger partial charge >= 0.3 is 0 Å². The molecule has 3 aromatic rings. The van der Waals surface area contributed by atoms with Crippen LogP contribution in [0.1, 0.15) is 50.6 Å². The van der Waals surface area contributed by atoms with Crippen LogP contribution in [0.5, 0.6) is 0 Å². The van der Waals surface area contributed by atoms with E-state index in [1.54, 1.807) is 12.7 Å². The van der Waals surface area contributed by atoms with Crippen molar-refractivity contribution in [2.24, 2.45) is 0 Å². The minimum atomic E-state index is -0.625. The molecule has 5 atom stereocenters. The number of benzene rings is 1. The molecule has 3 aliphatic rings. The van der Waals surface area contributed by atoms with Gasteiger partial charge in [0.15, 0.2) is 29.0 Å². The maximum Gasteiger partial charge on any atom is 0.167 e. The molecule has 6 rings (SSSR count). The molecule has 0 radical (unpaired) electrons. The number of hydrogen-bond acceptors (Lipinski definition) is 7. The Morgan fingerprint density at radius 1 is 1.10 bits per heavy atom. The molecule has 2 saturated heterocycles. The lowest BCUT2D eigenvalue weighted by Gasteiger charge is -2.23. The van der Waals surface area contributed by atoms with Gasteiger partial charge in [-0.15, -0.1) is 0 Å². The molecule has 1 aliphatic carbocycles. The predicted octanol–water partition coefficient (Wildman–Crippen LogP) is 3.36. The summed E-state index contributed by atoms with van der Waals surface area (Å²) in [6, 6.07) is 8.79. The van der Waals surface area contributed by atoms with Gasteiger partial charge in [0.05, 0.1) is 18.5 Å². The second kappa shape index (κ2) is 6.47. The zero-order valence-corrected chi connectivity index (χ0v) is 17.3. The Bertz CT molecular complexity index is 1110. The molecule has 2 aromatic heterocycles. The molecule has 30 heavy (non-hydrogen) atoms. The lowest BCUT2D eigenvalue weighted by molar-refractivity contribution is -0.194.